The number of H-pyrrole nitrogens is 1. The monoisotopic (exact) mass is 259 g/mol. The minimum atomic E-state index is -0.266. The Morgan fingerprint density at radius 1 is 1.26 bits per heavy atom. The van der Waals surface area contributed by atoms with Crippen molar-refractivity contribution in [3.8, 4) is 0 Å². The molecule has 1 heterocycles. The van der Waals surface area contributed by atoms with E-state index >= 15 is 0 Å². The van der Waals surface area contributed by atoms with Gasteiger partial charge in [0.05, 0.1) is 5.56 Å². The Kier molecular flexibility index (Phi) is 3.66. The molecule has 5 nitrogen and oxygen atoms in total. The fraction of sp³-hybridized carbons (Fsp3) is 0.286. The van der Waals surface area contributed by atoms with E-state index in [2.05, 4.69) is 4.98 Å². The number of nitrogens with two attached hydrogens (primary N) is 1. The summed E-state index contributed by atoms with van der Waals surface area (Å²) in [5, 5.41) is 1.11. The van der Waals surface area contributed by atoms with Crippen LogP contribution in [0.1, 0.15) is 16.8 Å². The molecule has 0 saturated heterocycles. The molecular formula is C14H17N3O2. The van der Waals surface area contributed by atoms with Crippen molar-refractivity contribution in [2.75, 3.05) is 26.4 Å². The van der Waals surface area contributed by atoms with Gasteiger partial charge in [-0.05, 0) is 20.2 Å². The predicted molar refractivity (Wildman–Crippen MR) is 76.5 cm³/mol. The van der Waals surface area contributed by atoms with Gasteiger partial charge in [-0.1, -0.05) is 18.2 Å². The molecular weight excluding hydrogens is 242 g/mol. The molecule has 1 aromatic carbocycles. The fourth-order valence-corrected chi connectivity index (χ4v) is 2.05. The first-order valence-corrected chi connectivity index (χ1v) is 6.09. The number of nitrogens with zero attached hydrogens (tertiary/aromatic N) is 1. The number of carbonyl (C=O) groups is 1. The number of fused-ring (bicyclic) bond motifs is 1. The number of Topliss-reactive ketones (excluding diaryl/α,β-unsaturated/α-hetero) is 1. The maximum Gasteiger partial charge on any atom is 0.257 e. The van der Waals surface area contributed by atoms with Gasteiger partial charge in [0.25, 0.3) is 5.56 Å². The molecule has 0 saturated carbocycles. The second-order valence-corrected chi connectivity index (χ2v) is 4.76. The number of benzene rings is 1. The Labute approximate surface area is 111 Å². The highest BCUT2D eigenvalue weighted by Crippen LogP contribution is 2.21. The van der Waals surface area contributed by atoms with Gasteiger partial charge < -0.3 is 15.6 Å². The molecule has 0 atom stereocenters. The lowest BCUT2D eigenvalue weighted by molar-refractivity contribution is 0.0975. The number of hydrogen-bond acceptors (Lipinski definition) is 4. The third-order valence-electron chi connectivity index (χ3n) is 3.02. The van der Waals surface area contributed by atoms with Gasteiger partial charge in [-0.15, -0.1) is 0 Å². The van der Waals surface area contributed by atoms with Crippen LogP contribution in [0.3, 0.4) is 0 Å². The Balaban J connectivity index is 2.53. The molecule has 0 fully saturated rings. The molecule has 3 N–H and O–H groups in total. The zero-order valence-corrected chi connectivity index (χ0v) is 11.1. The number of nitrogens with one attached hydrogen (secondary N) is 1. The van der Waals surface area contributed by atoms with Crippen molar-refractivity contribution in [1.82, 2.24) is 9.88 Å². The largest absolute Gasteiger partial charge is 0.385 e. The number of ketones is 1. The van der Waals surface area contributed by atoms with E-state index in [0.29, 0.717) is 29.3 Å². The summed E-state index contributed by atoms with van der Waals surface area (Å²) in [4.78, 5) is 28.5. The quantitative estimate of drug-likeness (QED) is 0.810. The normalized spacial score (nSPS) is 11.1. The molecule has 5 heteroatoms. The average molecular weight is 259 g/mol. The number of carbonyl (C=O) groups excluding carboxylic acids is 1. The van der Waals surface area contributed by atoms with Crippen molar-refractivity contribution < 1.29 is 4.79 Å². The molecule has 0 aliphatic rings. The van der Waals surface area contributed by atoms with Crippen LogP contribution in [0, 0.1) is 0 Å². The van der Waals surface area contributed by atoms with E-state index in [4.69, 9.17) is 5.73 Å². The summed E-state index contributed by atoms with van der Waals surface area (Å²) in [5.41, 5.74) is 5.95. The third-order valence-corrected chi connectivity index (χ3v) is 3.02. The van der Waals surface area contributed by atoms with E-state index in [-0.39, 0.29) is 17.2 Å². The Hall–Kier alpha value is -2.14. The van der Waals surface area contributed by atoms with Crippen molar-refractivity contribution in [1.29, 1.82) is 0 Å². The van der Waals surface area contributed by atoms with Crippen LogP contribution in [0.15, 0.2) is 29.1 Å². The van der Waals surface area contributed by atoms with E-state index in [1.54, 1.807) is 24.3 Å². The van der Waals surface area contributed by atoms with Crippen LogP contribution in [0.4, 0.5) is 5.82 Å². The van der Waals surface area contributed by atoms with E-state index in [0.717, 1.165) is 0 Å². The van der Waals surface area contributed by atoms with Crippen LogP contribution < -0.4 is 11.3 Å². The molecule has 0 bridgehead atoms. The minimum absolute atomic E-state index is 0.0568. The number of anilines is 1. The SMILES string of the molecule is CN(C)CCC(=O)c1c(N)[nH]c(=O)c2ccccc12. The molecule has 0 unspecified atom stereocenters. The first-order valence-electron chi connectivity index (χ1n) is 6.09. The van der Waals surface area contributed by atoms with Crippen LogP contribution in [0.2, 0.25) is 0 Å². The maximum atomic E-state index is 12.3. The van der Waals surface area contributed by atoms with Gasteiger partial charge in [0, 0.05) is 23.7 Å². The van der Waals surface area contributed by atoms with Crippen molar-refractivity contribution in [2.24, 2.45) is 0 Å². The Morgan fingerprint density at radius 3 is 2.53 bits per heavy atom. The first kappa shape index (κ1) is 13.3. The molecule has 19 heavy (non-hydrogen) atoms. The van der Waals surface area contributed by atoms with E-state index < -0.39 is 0 Å². The van der Waals surface area contributed by atoms with Crippen molar-refractivity contribution >= 4 is 22.4 Å². The molecule has 1 aromatic heterocycles. The Morgan fingerprint density at radius 2 is 1.89 bits per heavy atom. The van der Waals surface area contributed by atoms with Crippen LogP contribution in [-0.4, -0.2) is 36.3 Å². The van der Waals surface area contributed by atoms with E-state index in [1.807, 2.05) is 19.0 Å². The zero-order chi connectivity index (χ0) is 14.0. The number of hydrogen-bond donors (Lipinski definition) is 2. The predicted octanol–water partition coefficient (Wildman–Crippen LogP) is 1.24. The highest BCUT2D eigenvalue weighted by molar-refractivity contribution is 6.11. The van der Waals surface area contributed by atoms with Gasteiger partial charge in [-0.2, -0.15) is 0 Å². The molecule has 2 aromatic rings. The molecule has 2 rings (SSSR count). The minimum Gasteiger partial charge on any atom is -0.385 e. The van der Waals surface area contributed by atoms with Crippen LogP contribution in [0.5, 0.6) is 0 Å². The summed E-state index contributed by atoms with van der Waals surface area (Å²) in [6, 6.07) is 7.01. The summed E-state index contributed by atoms with van der Waals surface area (Å²) in [6.45, 7) is 0.645. The van der Waals surface area contributed by atoms with Gasteiger partial charge >= 0.3 is 0 Å². The van der Waals surface area contributed by atoms with Crippen LogP contribution >= 0.6 is 0 Å². The molecule has 0 radical (unpaired) electrons. The van der Waals surface area contributed by atoms with Crippen molar-refractivity contribution in [3.05, 3.63) is 40.2 Å². The van der Waals surface area contributed by atoms with Gasteiger partial charge in [-0.3, -0.25) is 9.59 Å². The third kappa shape index (κ3) is 2.66. The highest BCUT2D eigenvalue weighted by atomic mass is 16.1. The van der Waals surface area contributed by atoms with E-state index in [9.17, 15) is 9.59 Å². The number of nitrogen functional groups attached to an aromatic ring is 1. The van der Waals surface area contributed by atoms with Crippen molar-refractivity contribution in [2.45, 2.75) is 6.42 Å². The first-order chi connectivity index (χ1) is 9.00. The van der Waals surface area contributed by atoms with Crippen LogP contribution in [0.25, 0.3) is 10.8 Å². The number of pyridine rings is 1. The van der Waals surface area contributed by atoms with Gasteiger partial charge in [-0.25, -0.2) is 0 Å². The van der Waals surface area contributed by atoms with E-state index in [1.165, 1.54) is 0 Å². The summed E-state index contributed by atoms with van der Waals surface area (Å²) < 4.78 is 0. The maximum absolute atomic E-state index is 12.3. The highest BCUT2D eigenvalue weighted by Gasteiger charge is 2.16. The molecule has 0 amide bonds. The summed E-state index contributed by atoms with van der Waals surface area (Å²) >= 11 is 0. The lowest BCUT2D eigenvalue weighted by atomic mass is 10.0. The van der Waals surface area contributed by atoms with Crippen molar-refractivity contribution in [3.63, 3.8) is 0 Å². The number of aromatic nitrogens is 1. The van der Waals surface area contributed by atoms with Gasteiger partial charge in [0.1, 0.15) is 5.82 Å². The smallest absolute Gasteiger partial charge is 0.257 e. The second-order valence-electron chi connectivity index (χ2n) is 4.76. The molecule has 100 valence electrons. The lowest BCUT2D eigenvalue weighted by Crippen LogP contribution is -2.20. The molecule has 0 aliphatic heterocycles. The average Bonchev–Trinajstić information content (AvgIpc) is 2.36. The Bertz CT molecular complexity index is 674. The fourth-order valence-electron chi connectivity index (χ4n) is 2.05. The van der Waals surface area contributed by atoms with Gasteiger partial charge in [0.15, 0.2) is 5.78 Å². The summed E-state index contributed by atoms with van der Waals surface area (Å²) in [7, 11) is 3.81. The zero-order valence-electron chi connectivity index (χ0n) is 11.1. The van der Waals surface area contributed by atoms with Crippen LogP contribution in [-0.2, 0) is 0 Å². The molecule has 0 spiro atoms. The number of aromatic amines is 1. The van der Waals surface area contributed by atoms with Gasteiger partial charge in [0.2, 0.25) is 0 Å². The second kappa shape index (κ2) is 5.24. The topological polar surface area (TPSA) is 79.2 Å². The standard InChI is InChI=1S/C14H17N3O2/c1-17(2)8-7-11(18)12-9-5-3-4-6-10(9)14(19)16-13(12)15/h3-6H,7-8H2,1-2H3,(H3,15,16,19). The number of rotatable bonds is 4. The summed E-state index contributed by atoms with van der Waals surface area (Å²) in [6.07, 6.45) is 0.368. The molecule has 0 aliphatic carbocycles. The summed E-state index contributed by atoms with van der Waals surface area (Å²) in [5.74, 6) is 0.0890. The lowest BCUT2D eigenvalue weighted by Gasteiger charge is -2.11.